The Bertz CT molecular complexity index is 705. The van der Waals surface area contributed by atoms with Gasteiger partial charge in [-0.05, 0) is 30.5 Å². The first kappa shape index (κ1) is 20.2. The first-order chi connectivity index (χ1) is 12.2. The van der Waals surface area contributed by atoms with Crippen LogP contribution >= 0.6 is 11.6 Å². The number of hydrogen-bond acceptors (Lipinski definition) is 3. The number of benzene rings is 1. The number of halogens is 1. The van der Waals surface area contributed by atoms with E-state index < -0.39 is 0 Å². The molecule has 3 amide bonds. The van der Waals surface area contributed by atoms with E-state index in [0.717, 1.165) is 5.56 Å². The van der Waals surface area contributed by atoms with Gasteiger partial charge >= 0.3 is 0 Å². The second kappa shape index (κ2) is 8.54. The Balaban J connectivity index is 2.10. The predicted octanol–water partition coefficient (Wildman–Crippen LogP) is 2.68. The molecular formula is C19H26ClN3O3. The Morgan fingerprint density at radius 3 is 2.62 bits per heavy atom. The molecule has 1 saturated heterocycles. The first-order valence-electron chi connectivity index (χ1n) is 8.85. The van der Waals surface area contributed by atoms with E-state index in [2.05, 4.69) is 0 Å². The molecule has 0 unspecified atom stereocenters. The predicted molar refractivity (Wildman–Crippen MR) is 102 cm³/mol. The highest BCUT2D eigenvalue weighted by Gasteiger charge is 2.33. The topological polar surface area (TPSA) is 60.9 Å². The molecule has 1 aliphatic rings. The third-order valence-corrected chi connectivity index (χ3v) is 4.80. The lowest BCUT2D eigenvalue weighted by molar-refractivity contribution is -0.140. The van der Waals surface area contributed by atoms with E-state index in [9.17, 15) is 14.4 Å². The number of anilines is 1. The van der Waals surface area contributed by atoms with Gasteiger partial charge in [0.05, 0.1) is 6.54 Å². The Morgan fingerprint density at radius 2 is 2.00 bits per heavy atom. The number of amides is 3. The average molecular weight is 380 g/mol. The third kappa shape index (κ3) is 4.55. The van der Waals surface area contributed by atoms with E-state index >= 15 is 0 Å². The first-order valence-corrected chi connectivity index (χ1v) is 9.23. The maximum atomic E-state index is 12.7. The summed E-state index contributed by atoms with van der Waals surface area (Å²) in [6, 6.07) is 5.37. The fourth-order valence-electron chi connectivity index (χ4n) is 3.00. The second-order valence-corrected chi connectivity index (χ2v) is 7.37. The van der Waals surface area contributed by atoms with Crippen LogP contribution in [0.3, 0.4) is 0 Å². The molecule has 2 rings (SSSR count). The van der Waals surface area contributed by atoms with Gasteiger partial charge in [0.2, 0.25) is 17.7 Å². The molecule has 142 valence electrons. The lowest BCUT2D eigenvalue weighted by Gasteiger charge is -2.26. The van der Waals surface area contributed by atoms with E-state index in [0.29, 0.717) is 23.7 Å². The summed E-state index contributed by atoms with van der Waals surface area (Å²) in [6.07, 6.45) is 0.354. The molecule has 1 aromatic carbocycles. The smallest absolute Gasteiger partial charge is 0.248 e. The molecule has 0 atom stereocenters. The molecule has 1 fully saturated rings. The quantitative estimate of drug-likeness (QED) is 0.763. The van der Waals surface area contributed by atoms with E-state index in [-0.39, 0.29) is 43.4 Å². The number of hydrogen-bond donors (Lipinski definition) is 0. The van der Waals surface area contributed by atoms with Crippen molar-refractivity contribution in [1.29, 1.82) is 0 Å². The van der Waals surface area contributed by atoms with Crippen LogP contribution in [0.1, 0.15) is 32.8 Å². The molecule has 0 aromatic heterocycles. The highest BCUT2D eigenvalue weighted by Crippen LogP contribution is 2.28. The molecule has 0 aliphatic carbocycles. The monoisotopic (exact) mass is 379 g/mol. The lowest BCUT2D eigenvalue weighted by Crippen LogP contribution is -2.43. The maximum absolute atomic E-state index is 12.7. The lowest BCUT2D eigenvalue weighted by atomic mass is 10.2. The average Bonchev–Trinajstić information content (AvgIpc) is 2.97. The second-order valence-electron chi connectivity index (χ2n) is 6.96. The standard InChI is InChI=1S/C19H26ClN3O3/c1-5-17(24)21(9-13(2)3)10-18(25)22-11-19(26)23(12-22)16-8-6-7-15(20)14(16)4/h6-8,13H,5,9-12H2,1-4H3. The van der Waals surface area contributed by atoms with Gasteiger partial charge in [-0.3, -0.25) is 19.3 Å². The minimum Gasteiger partial charge on any atom is -0.333 e. The molecule has 0 N–H and O–H groups in total. The van der Waals surface area contributed by atoms with Crippen molar-refractivity contribution in [3.8, 4) is 0 Å². The van der Waals surface area contributed by atoms with Crippen LogP contribution in [-0.2, 0) is 14.4 Å². The van der Waals surface area contributed by atoms with Gasteiger partial charge in [0.1, 0.15) is 13.2 Å². The van der Waals surface area contributed by atoms with Crippen LogP contribution in [0.25, 0.3) is 0 Å². The van der Waals surface area contributed by atoms with Crippen molar-refractivity contribution in [2.45, 2.75) is 34.1 Å². The summed E-state index contributed by atoms with van der Waals surface area (Å²) in [5.41, 5.74) is 1.51. The summed E-state index contributed by atoms with van der Waals surface area (Å²) in [7, 11) is 0. The van der Waals surface area contributed by atoms with Crippen LogP contribution < -0.4 is 4.90 Å². The molecule has 26 heavy (non-hydrogen) atoms. The minimum absolute atomic E-state index is 0.000497. The van der Waals surface area contributed by atoms with Gasteiger partial charge in [-0.15, -0.1) is 0 Å². The zero-order valence-electron chi connectivity index (χ0n) is 15.8. The van der Waals surface area contributed by atoms with Crippen LogP contribution in [0.2, 0.25) is 5.02 Å². The van der Waals surface area contributed by atoms with Crippen LogP contribution in [0.4, 0.5) is 5.69 Å². The maximum Gasteiger partial charge on any atom is 0.248 e. The highest BCUT2D eigenvalue weighted by atomic mass is 35.5. The molecule has 1 aromatic rings. The van der Waals surface area contributed by atoms with Crippen molar-refractivity contribution >= 4 is 35.0 Å². The molecular weight excluding hydrogens is 354 g/mol. The molecule has 0 saturated carbocycles. The van der Waals surface area contributed by atoms with Crippen molar-refractivity contribution in [1.82, 2.24) is 9.80 Å². The van der Waals surface area contributed by atoms with E-state index in [4.69, 9.17) is 11.6 Å². The Morgan fingerprint density at radius 1 is 1.31 bits per heavy atom. The Kier molecular flexibility index (Phi) is 6.64. The molecule has 0 spiro atoms. The van der Waals surface area contributed by atoms with Crippen LogP contribution in [0.5, 0.6) is 0 Å². The van der Waals surface area contributed by atoms with Crippen LogP contribution in [0.15, 0.2) is 18.2 Å². The van der Waals surface area contributed by atoms with Gasteiger partial charge in [0.25, 0.3) is 0 Å². The summed E-state index contributed by atoms with van der Waals surface area (Å²) in [5.74, 6) is -0.159. The molecule has 6 nitrogen and oxygen atoms in total. The Labute approximate surface area is 159 Å². The summed E-state index contributed by atoms with van der Waals surface area (Å²) < 4.78 is 0. The third-order valence-electron chi connectivity index (χ3n) is 4.39. The van der Waals surface area contributed by atoms with Crippen molar-refractivity contribution in [2.24, 2.45) is 5.92 Å². The zero-order chi connectivity index (χ0) is 19.4. The largest absolute Gasteiger partial charge is 0.333 e. The summed E-state index contributed by atoms with van der Waals surface area (Å²) in [4.78, 5) is 41.8. The number of rotatable bonds is 6. The molecule has 0 radical (unpaired) electrons. The van der Waals surface area contributed by atoms with Crippen molar-refractivity contribution in [3.63, 3.8) is 0 Å². The zero-order valence-corrected chi connectivity index (χ0v) is 16.5. The van der Waals surface area contributed by atoms with Crippen molar-refractivity contribution < 1.29 is 14.4 Å². The summed E-state index contributed by atoms with van der Waals surface area (Å²) >= 11 is 6.14. The molecule has 1 aliphatic heterocycles. The van der Waals surface area contributed by atoms with Crippen molar-refractivity contribution in [3.05, 3.63) is 28.8 Å². The van der Waals surface area contributed by atoms with E-state index in [1.54, 1.807) is 28.9 Å². The summed E-state index contributed by atoms with van der Waals surface area (Å²) in [5, 5.41) is 0.580. The normalized spacial score (nSPS) is 14.3. The van der Waals surface area contributed by atoms with E-state index in [1.807, 2.05) is 26.8 Å². The summed E-state index contributed by atoms with van der Waals surface area (Å²) in [6.45, 7) is 8.35. The highest BCUT2D eigenvalue weighted by molar-refractivity contribution is 6.31. The van der Waals surface area contributed by atoms with Gasteiger partial charge in [0, 0.05) is 23.7 Å². The van der Waals surface area contributed by atoms with Gasteiger partial charge in [-0.2, -0.15) is 0 Å². The molecule has 0 bridgehead atoms. The molecule has 1 heterocycles. The number of nitrogens with zero attached hydrogens (tertiary/aromatic N) is 3. The van der Waals surface area contributed by atoms with Gasteiger partial charge in [0.15, 0.2) is 0 Å². The van der Waals surface area contributed by atoms with Crippen LogP contribution in [-0.4, -0.2) is 53.8 Å². The Hall–Kier alpha value is -2.08. The fourth-order valence-corrected chi connectivity index (χ4v) is 3.17. The SMILES string of the molecule is CCC(=O)N(CC(=O)N1CC(=O)N(c2cccc(Cl)c2C)C1)CC(C)C. The fraction of sp³-hybridized carbons (Fsp3) is 0.526. The van der Waals surface area contributed by atoms with Gasteiger partial charge in [-0.1, -0.05) is 38.4 Å². The van der Waals surface area contributed by atoms with Crippen LogP contribution in [0, 0.1) is 12.8 Å². The van der Waals surface area contributed by atoms with Gasteiger partial charge < -0.3 is 9.80 Å². The van der Waals surface area contributed by atoms with E-state index in [1.165, 1.54) is 4.90 Å². The molecule has 7 heteroatoms. The van der Waals surface area contributed by atoms with Gasteiger partial charge in [-0.25, -0.2) is 0 Å². The van der Waals surface area contributed by atoms with Crippen molar-refractivity contribution in [2.75, 3.05) is 31.2 Å². The number of carbonyl (C=O) groups is 3. The number of carbonyl (C=O) groups excluding carboxylic acids is 3. The minimum atomic E-state index is -0.219.